The van der Waals surface area contributed by atoms with Crippen molar-refractivity contribution in [1.29, 1.82) is 0 Å². The Morgan fingerprint density at radius 3 is 2.75 bits per heavy atom. The Balaban J connectivity index is 2.49. The Morgan fingerprint density at radius 2 is 2.15 bits per heavy atom. The van der Waals surface area contributed by atoms with E-state index in [1.807, 2.05) is 0 Å². The van der Waals surface area contributed by atoms with E-state index >= 15 is 0 Å². The number of aliphatic hydroxyl groups is 1. The zero-order chi connectivity index (χ0) is 14.9. The van der Waals surface area contributed by atoms with Crippen molar-refractivity contribution in [2.75, 3.05) is 11.9 Å². The number of rotatable bonds is 4. The Bertz CT molecular complexity index is 668. The summed E-state index contributed by atoms with van der Waals surface area (Å²) >= 11 is 3.34. The summed E-state index contributed by atoms with van der Waals surface area (Å²) < 4.78 is 0.847. The predicted octanol–water partition coefficient (Wildman–Crippen LogP) is 3.09. The Labute approximate surface area is 124 Å². The molecule has 20 heavy (non-hydrogen) atoms. The van der Waals surface area contributed by atoms with Gasteiger partial charge in [-0.1, -0.05) is 22.0 Å². The molecular formula is C13H14BrN3O3. The molecule has 0 aliphatic heterocycles. The molecule has 0 atom stereocenters. The molecule has 2 rings (SSSR count). The zero-order valence-corrected chi connectivity index (χ0v) is 12.6. The largest absolute Gasteiger partial charge is 0.389 e. The van der Waals surface area contributed by atoms with Crippen molar-refractivity contribution in [2.45, 2.75) is 19.4 Å². The molecule has 0 fully saturated rings. The van der Waals surface area contributed by atoms with Crippen LogP contribution in [-0.4, -0.2) is 27.2 Å². The Morgan fingerprint density at radius 1 is 1.45 bits per heavy atom. The molecule has 1 heterocycles. The van der Waals surface area contributed by atoms with Crippen LogP contribution in [0.15, 0.2) is 28.7 Å². The van der Waals surface area contributed by atoms with E-state index in [0.717, 1.165) is 4.47 Å². The van der Waals surface area contributed by atoms with E-state index < -0.39 is 10.5 Å². The third-order valence-electron chi connectivity index (χ3n) is 2.64. The van der Waals surface area contributed by atoms with Gasteiger partial charge < -0.3 is 10.4 Å². The monoisotopic (exact) mass is 339 g/mol. The first-order chi connectivity index (χ1) is 9.26. The Hall–Kier alpha value is -1.73. The van der Waals surface area contributed by atoms with Gasteiger partial charge in [-0.05, 0) is 26.0 Å². The number of fused-ring (bicyclic) bond motifs is 1. The van der Waals surface area contributed by atoms with E-state index in [4.69, 9.17) is 0 Å². The van der Waals surface area contributed by atoms with Crippen LogP contribution in [0.3, 0.4) is 0 Å². The third-order valence-corrected chi connectivity index (χ3v) is 3.14. The second-order valence-corrected chi connectivity index (χ2v) is 6.03. The first-order valence-electron chi connectivity index (χ1n) is 5.97. The fourth-order valence-electron chi connectivity index (χ4n) is 1.70. The van der Waals surface area contributed by atoms with Gasteiger partial charge in [-0.15, -0.1) is 0 Å². The van der Waals surface area contributed by atoms with Gasteiger partial charge in [0, 0.05) is 22.5 Å². The summed E-state index contributed by atoms with van der Waals surface area (Å²) in [6, 6.07) is 6.83. The lowest BCUT2D eigenvalue weighted by molar-refractivity contribution is -0.384. The van der Waals surface area contributed by atoms with E-state index in [9.17, 15) is 15.2 Å². The fourth-order valence-corrected chi connectivity index (χ4v) is 2.05. The number of nitro groups is 1. The molecule has 7 heteroatoms. The van der Waals surface area contributed by atoms with E-state index in [0.29, 0.717) is 10.9 Å². The number of anilines is 1. The zero-order valence-electron chi connectivity index (χ0n) is 11.1. The SMILES string of the molecule is CC(C)(O)CNc1nc2cc(Br)ccc2cc1[N+](=O)[O-]. The standard InChI is InChI=1S/C13H14BrN3O3/c1-13(2,18)7-15-12-11(17(19)20)5-8-3-4-9(14)6-10(8)16-12/h3-6,18H,7H2,1-2H3,(H,15,16). The summed E-state index contributed by atoms with van der Waals surface area (Å²) in [6.07, 6.45) is 0. The number of nitrogens with zero attached hydrogens (tertiary/aromatic N) is 2. The molecule has 1 aromatic carbocycles. The van der Waals surface area contributed by atoms with E-state index in [-0.39, 0.29) is 18.1 Å². The molecule has 2 aromatic rings. The van der Waals surface area contributed by atoms with E-state index in [2.05, 4.69) is 26.2 Å². The lowest BCUT2D eigenvalue weighted by Crippen LogP contribution is -2.29. The predicted molar refractivity (Wildman–Crippen MR) is 80.9 cm³/mol. The van der Waals surface area contributed by atoms with Crippen LogP contribution in [0.1, 0.15) is 13.8 Å². The first kappa shape index (κ1) is 14.7. The maximum absolute atomic E-state index is 11.1. The fraction of sp³-hybridized carbons (Fsp3) is 0.308. The van der Waals surface area contributed by atoms with Crippen LogP contribution < -0.4 is 5.32 Å². The summed E-state index contributed by atoms with van der Waals surface area (Å²) in [5.74, 6) is 0.155. The van der Waals surface area contributed by atoms with Gasteiger partial charge in [-0.25, -0.2) is 4.98 Å². The van der Waals surface area contributed by atoms with E-state index in [1.165, 1.54) is 6.07 Å². The molecule has 0 radical (unpaired) electrons. The summed E-state index contributed by atoms with van der Waals surface area (Å²) in [5.41, 5.74) is -0.450. The minimum atomic E-state index is -0.984. The average Bonchev–Trinajstić information content (AvgIpc) is 2.34. The molecule has 2 N–H and O–H groups in total. The number of nitrogens with one attached hydrogen (secondary N) is 1. The van der Waals surface area contributed by atoms with Crippen molar-refractivity contribution >= 4 is 38.3 Å². The lowest BCUT2D eigenvalue weighted by Gasteiger charge is -2.18. The van der Waals surface area contributed by atoms with Gasteiger partial charge in [-0.3, -0.25) is 10.1 Å². The average molecular weight is 340 g/mol. The normalized spacial score (nSPS) is 11.6. The van der Waals surface area contributed by atoms with Gasteiger partial charge in [0.25, 0.3) is 0 Å². The van der Waals surface area contributed by atoms with Gasteiger partial charge in [0.1, 0.15) is 0 Å². The molecule has 0 saturated carbocycles. The van der Waals surface area contributed by atoms with Crippen molar-refractivity contribution in [3.63, 3.8) is 0 Å². The second kappa shape index (κ2) is 5.34. The second-order valence-electron chi connectivity index (χ2n) is 5.12. The highest BCUT2D eigenvalue weighted by Gasteiger charge is 2.20. The summed E-state index contributed by atoms with van der Waals surface area (Å²) in [7, 11) is 0. The summed E-state index contributed by atoms with van der Waals surface area (Å²) in [4.78, 5) is 14.9. The minimum absolute atomic E-state index is 0.107. The molecule has 0 unspecified atom stereocenters. The van der Waals surface area contributed by atoms with Crippen molar-refractivity contribution in [2.24, 2.45) is 0 Å². The molecule has 0 spiro atoms. The molecule has 106 valence electrons. The maximum Gasteiger partial charge on any atom is 0.312 e. The highest BCUT2D eigenvalue weighted by Crippen LogP contribution is 2.28. The van der Waals surface area contributed by atoms with Crippen molar-refractivity contribution in [3.8, 4) is 0 Å². The maximum atomic E-state index is 11.1. The molecule has 0 saturated heterocycles. The molecule has 0 amide bonds. The summed E-state index contributed by atoms with van der Waals surface area (Å²) in [5, 5.41) is 24.3. The van der Waals surface area contributed by atoms with Gasteiger partial charge in [-0.2, -0.15) is 0 Å². The molecule has 0 aliphatic rings. The summed E-state index contributed by atoms with van der Waals surface area (Å²) in [6.45, 7) is 3.40. The van der Waals surface area contributed by atoms with Crippen LogP contribution in [0.4, 0.5) is 11.5 Å². The molecule has 1 aromatic heterocycles. The van der Waals surface area contributed by atoms with Gasteiger partial charge in [0.2, 0.25) is 5.82 Å². The van der Waals surface area contributed by atoms with Crippen LogP contribution in [0, 0.1) is 10.1 Å². The number of benzene rings is 1. The number of aromatic nitrogens is 1. The lowest BCUT2D eigenvalue weighted by atomic mass is 10.1. The third kappa shape index (κ3) is 3.43. The van der Waals surface area contributed by atoms with Gasteiger partial charge in [0.05, 0.1) is 16.0 Å². The molecule has 6 nitrogen and oxygen atoms in total. The molecule has 0 aliphatic carbocycles. The van der Waals surface area contributed by atoms with Gasteiger partial charge in [0.15, 0.2) is 0 Å². The highest BCUT2D eigenvalue weighted by molar-refractivity contribution is 9.10. The van der Waals surface area contributed by atoms with Crippen molar-refractivity contribution < 1.29 is 10.0 Å². The molecular weight excluding hydrogens is 326 g/mol. The van der Waals surface area contributed by atoms with Crippen LogP contribution in [0.5, 0.6) is 0 Å². The number of halogens is 1. The quantitative estimate of drug-likeness (QED) is 0.660. The van der Waals surface area contributed by atoms with Crippen LogP contribution in [-0.2, 0) is 0 Å². The first-order valence-corrected chi connectivity index (χ1v) is 6.76. The smallest absolute Gasteiger partial charge is 0.312 e. The number of pyridine rings is 1. The van der Waals surface area contributed by atoms with Crippen LogP contribution >= 0.6 is 15.9 Å². The number of hydrogen-bond donors (Lipinski definition) is 2. The minimum Gasteiger partial charge on any atom is -0.389 e. The van der Waals surface area contributed by atoms with Crippen LogP contribution in [0.25, 0.3) is 10.9 Å². The number of hydrogen-bond acceptors (Lipinski definition) is 5. The highest BCUT2D eigenvalue weighted by atomic mass is 79.9. The topological polar surface area (TPSA) is 88.3 Å². The van der Waals surface area contributed by atoms with Gasteiger partial charge >= 0.3 is 5.69 Å². The Kier molecular flexibility index (Phi) is 3.92. The van der Waals surface area contributed by atoms with E-state index in [1.54, 1.807) is 32.0 Å². The van der Waals surface area contributed by atoms with Crippen molar-refractivity contribution in [3.05, 3.63) is 38.9 Å². The van der Waals surface area contributed by atoms with Crippen molar-refractivity contribution in [1.82, 2.24) is 4.98 Å². The van der Waals surface area contributed by atoms with Crippen LogP contribution in [0.2, 0.25) is 0 Å². The molecule has 0 bridgehead atoms.